The van der Waals surface area contributed by atoms with Gasteiger partial charge in [0.2, 0.25) is 23.6 Å². The summed E-state index contributed by atoms with van der Waals surface area (Å²) in [6.45, 7) is 4.61. The molecule has 3 aromatic rings. The molecule has 1 saturated carbocycles. The predicted molar refractivity (Wildman–Crippen MR) is 204 cm³/mol. The Balaban J connectivity index is 1.33. The Morgan fingerprint density at radius 1 is 0.909 bits per heavy atom. The number of amides is 4. The summed E-state index contributed by atoms with van der Waals surface area (Å²) in [5.41, 5.74) is 2.06. The average molecular weight is 759 g/mol. The Labute approximate surface area is 321 Å². The van der Waals surface area contributed by atoms with Gasteiger partial charge in [0, 0.05) is 49.2 Å². The van der Waals surface area contributed by atoms with Crippen LogP contribution >= 0.6 is 0 Å². The van der Waals surface area contributed by atoms with Crippen molar-refractivity contribution in [2.75, 3.05) is 13.2 Å². The number of aromatic amines is 1. The maximum Gasteiger partial charge on any atom is 0.335 e. The normalized spacial score (nSPS) is 17.6. The van der Waals surface area contributed by atoms with Crippen molar-refractivity contribution >= 4 is 29.6 Å². The molecule has 1 aromatic heterocycles. The van der Waals surface area contributed by atoms with Gasteiger partial charge in [-0.25, -0.2) is 9.78 Å². The van der Waals surface area contributed by atoms with E-state index in [0.29, 0.717) is 30.0 Å². The van der Waals surface area contributed by atoms with Gasteiger partial charge in [-0.1, -0.05) is 76.3 Å². The number of benzene rings is 2. The van der Waals surface area contributed by atoms with E-state index < -0.39 is 53.8 Å². The van der Waals surface area contributed by atoms with Gasteiger partial charge in [0.15, 0.2) is 0 Å². The number of carbonyl (C=O) groups excluding carboxylic acids is 4. The molecule has 0 radical (unpaired) electrons. The van der Waals surface area contributed by atoms with Crippen molar-refractivity contribution in [1.82, 2.24) is 31.2 Å². The number of carboxylic acids is 1. The Hall–Kier alpha value is -5.24. The summed E-state index contributed by atoms with van der Waals surface area (Å²) in [6.07, 6.45) is 7.51. The summed E-state index contributed by atoms with van der Waals surface area (Å²) in [4.78, 5) is 73.3. The molecule has 5 atom stereocenters. The third-order valence-electron chi connectivity index (χ3n) is 10.3. The number of carboxylic acid groups (broad SMARTS) is 1. The number of nitrogens with one attached hydrogen (secondary N) is 5. The molecule has 0 spiro atoms. The lowest BCUT2D eigenvalue weighted by Gasteiger charge is -2.31. The maximum atomic E-state index is 14.2. The van der Waals surface area contributed by atoms with Crippen molar-refractivity contribution in [3.05, 3.63) is 83.4 Å². The van der Waals surface area contributed by atoms with Gasteiger partial charge in [-0.3, -0.25) is 19.2 Å². The number of H-pyrrole nitrogens is 1. The minimum absolute atomic E-state index is 0.0484. The number of fused-ring (bicyclic) bond motifs is 1. The first-order chi connectivity index (χ1) is 26.4. The fraction of sp³-hybridized carbons (Fsp3) is 0.512. The lowest BCUT2D eigenvalue weighted by Crippen LogP contribution is -2.57. The quantitative estimate of drug-likeness (QED) is 0.0954. The summed E-state index contributed by atoms with van der Waals surface area (Å²) >= 11 is 0. The van der Waals surface area contributed by atoms with Gasteiger partial charge >= 0.3 is 5.97 Å². The van der Waals surface area contributed by atoms with Gasteiger partial charge in [0.1, 0.15) is 17.8 Å². The zero-order valence-corrected chi connectivity index (χ0v) is 31.6. The first-order valence-corrected chi connectivity index (χ1v) is 19.3. The van der Waals surface area contributed by atoms with Crippen LogP contribution in [-0.2, 0) is 32.0 Å². The Morgan fingerprint density at radius 3 is 2.33 bits per heavy atom. The third kappa shape index (κ3) is 12.4. The first-order valence-electron chi connectivity index (χ1n) is 19.3. The molecule has 55 heavy (non-hydrogen) atoms. The number of imidazole rings is 1. The van der Waals surface area contributed by atoms with E-state index in [2.05, 4.69) is 31.2 Å². The van der Waals surface area contributed by atoms with Crippen LogP contribution in [0.2, 0.25) is 0 Å². The van der Waals surface area contributed by atoms with E-state index in [1.165, 1.54) is 18.5 Å². The fourth-order valence-corrected chi connectivity index (χ4v) is 7.31. The van der Waals surface area contributed by atoms with Gasteiger partial charge in [0.25, 0.3) is 0 Å². The molecular formula is C41H54N6O8. The highest BCUT2D eigenvalue weighted by molar-refractivity contribution is 5.93. The zero-order chi connectivity index (χ0) is 39.3. The van der Waals surface area contributed by atoms with Crippen LogP contribution in [0.1, 0.15) is 98.3 Å². The zero-order valence-electron chi connectivity index (χ0n) is 31.6. The molecule has 14 nitrogen and oxygen atoms in total. The average Bonchev–Trinajstić information content (AvgIpc) is 3.83. The Bertz CT molecular complexity index is 1740. The molecule has 296 valence electrons. The van der Waals surface area contributed by atoms with E-state index in [1.54, 1.807) is 12.3 Å². The van der Waals surface area contributed by atoms with Crippen LogP contribution in [0.15, 0.2) is 61.1 Å². The molecule has 14 heteroatoms. The molecule has 1 aliphatic carbocycles. The number of carbonyl (C=O) groups is 5. The molecule has 7 N–H and O–H groups in total. The van der Waals surface area contributed by atoms with Gasteiger partial charge in [-0.05, 0) is 42.0 Å². The van der Waals surface area contributed by atoms with Crippen LogP contribution in [0.5, 0.6) is 5.75 Å². The van der Waals surface area contributed by atoms with Crippen molar-refractivity contribution in [1.29, 1.82) is 0 Å². The number of aliphatic hydroxyl groups is 1. The molecule has 2 heterocycles. The molecule has 2 aliphatic rings. The minimum Gasteiger partial charge on any atom is -0.493 e. The monoisotopic (exact) mass is 758 g/mol. The lowest BCUT2D eigenvalue weighted by molar-refractivity contribution is -0.133. The smallest absolute Gasteiger partial charge is 0.335 e. The molecule has 1 fully saturated rings. The molecular weight excluding hydrogens is 704 g/mol. The van der Waals surface area contributed by atoms with Crippen molar-refractivity contribution < 1.29 is 38.9 Å². The SMILES string of the molecule is CC(C)CNC(=O)CC(O)C(CC1CCCCC1)NC(=O)[C@H](Cc1cnc[nH]1)NC(=O)[C@H](Cc1ccccc1)NC(=O)CC1COc2ccc(C(=O)O)cc21. The van der Waals surface area contributed by atoms with Gasteiger partial charge in [-0.2, -0.15) is 0 Å². The topological polar surface area (TPSA) is 212 Å². The van der Waals surface area contributed by atoms with Crippen LogP contribution in [-0.4, -0.2) is 87.2 Å². The first kappa shape index (κ1) is 40.9. The number of hydrogen-bond acceptors (Lipinski definition) is 8. The van der Waals surface area contributed by atoms with E-state index in [9.17, 15) is 34.2 Å². The highest BCUT2D eigenvalue weighted by atomic mass is 16.5. The summed E-state index contributed by atoms with van der Waals surface area (Å²) in [5.74, 6) is -2.37. The standard InChI is InChI=1S/C41H54N6O8/c1-25(2)21-43-37(49)20-35(48)32(15-26-9-5-3-6-10-26)46-40(52)34(19-30-22-42-24-44-30)47-39(51)33(16-27-11-7-4-8-12-27)45-38(50)18-29-23-55-36-14-13-28(41(53)54)17-31(29)36/h4,7-8,11-14,17,22,24-26,29,32-35,48H,3,5-6,9-10,15-16,18-21,23H2,1-2H3,(H,42,44)(H,43,49)(H,45,50)(H,46,52)(H,47,51)(H,53,54)/t29?,32?,33-,34-,35?/m0/s1. The molecule has 5 rings (SSSR count). The van der Waals surface area contributed by atoms with E-state index in [-0.39, 0.29) is 55.6 Å². The largest absolute Gasteiger partial charge is 0.493 e. The second-order valence-corrected chi connectivity index (χ2v) is 15.2. The second kappa shape index (κ2) is 19.9. The number of aromatic carboxylic acids is 1. The minimum atomic E-state index is -1.15. The van der Waals surface area contributed by atoms with Gasteiger partial charge in [0.05, 0.1) is 37.1 Å². The highest BCUT2D eigenvalue weighted by Crippen LogP contribution is 2.36. The van der Waals surface area contributed by atoms with Crippen molar-refractivity contribution in [2.45, 2.75) is 108 Å². The van der Waals surface area contributed by atoms with Crippen LogP contribution in [0.4, 0.5) is 0 Å². The summed E-state index contributed by atoms with van der Waals surface area (Å²) in [6, 6.07) is 10.8. The molecule has 2 aromatic carbocycles. The van der Waals surface area contributed by atoms with Crippen LogP contribution in [0, 0.1) is 11.8 Å². The summed E-state index contributed by atoms with van der Waals surface area (Å²) < 4.78 is 5.72. The highest BCUT2D eigenvalue weighted by Gasteiger charge is 2.34. The van der Waals surface area contributed by atoms with Crippen molar-refractivity contribution in [3.8, 4) is 5.75 Å². The van der Waals surface area contributed by atoms with Crippen molar-refractivity contribution in [3.63, 3.8) is 0 Å². The van der Waals surface area contributed by atoms with E-state index >= 15 is 0 Å². The molecule has 0 bridgehead atoms. The van der Waals surface area contributed by atoms with Gasteiger partial charge < -0.3 is 41.2 Å². The third-order valence-corrected chi connectivity index (χ3v) is 10.3. The maximum absolute atomic E-state index is 14.2. The van der Waals surface area contributed by atoms with Crippen LogP contribution in [0.25, 0.3) is 0 Å². The molecule has 1 aliphatic heterocycles. The Morgan fingerprint density at radius 2 is 1.64 bits per heavy atom. The summed E-state index contributed by atoms with van der Waals surface area (Å²) in [7, 11) is 0. The van der Waals surface area contributed by atoms with E-state index in [4.69, 9.17) is 4.74 Å². The second-order valence-electron chi connectivity index (χ2n) is 15.2. The van der Waals surface area contributed by atoms with E-state index in [0.717, 1.165) is 37.7 Å². The number of rotatable bonds is 19. The summed E-state index contributed by atoms with van der Waals surface area (Å²) in [5, 5.41) is 32.4. The molecule has 3 unspecified atom stereocenters. The molecule has 0 saturated heterocycles. The fourth-order valence-electron chi connectivity index (χ4n) is 7.31. The number of nitrogens with zero attached hydrogens (tertiary/aromatic N) is 1. The van der Waals surface area contributed by atoms with Gasteiger partial charge in [-0.15, -0.1) is 0 Å². The van der Waals surface area contributed by atoms with Crippen molar-refractivity contribution in [2.24, 2.45) is 11.8 Å². The number of aromatic nitrogens is 2. The Kier molecular flexibility index (Phi) is 14.8. The number of aliphatic hydroxyl groups excluding tert-OH is 1. The molecule has 4 amide bonds. The predicted octanol–water partition coefficient (Wildman–Crippen LogP) is 3.41. The lowest BCUT2D eigenvalue weighted by atomic mass is 9.83. The van der Waals surface area contributed by atoms with Crippen LogP contribution < -0.4 is 26.0 Å². The van der Waals surface area contributed by atoms with E-state index in [1.807, 2.05) is 44.2 Å². The number of hydrogen-bond donors (Lipinski definition) is 7. The number of ether oxygens (including phenoxy) is 1. The van der Waals surface area contributed by atoms with Crippen LogP contribution in [0.3, 0.4) is 0 Å².